The molecule has 2 amide bonds. The summed E-state index contributed by atoms with van der Waals surface area (Å²) >= 11 is 1.66. The monoisotopic (exact) mass is 310 g/mol. The number of hydrogen-bond donors (Lipinski definition) is 3. The Hall–Kier alpha value is -1.73. The smallest absolute Gasteiger partial charge is 0.262 e. The first kappa shape index (κ1) is 15.7. The van der Waals surface area contributed by atoms with Gasteiger partial charge in [-0.2, -0.15) is 11.8 Å². The number of amides is 2. The highest BCUT2D eigenvalue weighted by atomic mass is 32.2. The van der Waals surface area contributed by atoms with Gasteiger partial charge in [0.25, 0.3) is 11.8 Å². The lowest BCUT2D eigenvalue weighted by Crippen LogP contribution is -2.38. The zero-order chi connectivity index (χ0) is 15.2. The SMILES string of the molecule is CSCCC(CO)NC(=O)c1ccc2c(c1)NC(=O)CO2. The molecule has 1 aliphatic heterocycles. The number of ether oxygens (including phenoxy) is 1. The van der Waals surface area contributed by atoms with E-state index in [4.69, 9.17) is 4.74 Å². The second-order valence-corrected chi connectivity index (χ2v) is 5.67. The van der Waals surface area contributed by atoms with Crippen LogP contribution in [0.2, 0.25) is 0 Å². The van der Waals surface area contributed by atoms with Crippen LogP contribution in [0.15, 0.2) is 18.2 Å². The lowest BCUT2D eigenvalue weighted by molar-refractivity contribution is -0.118. The highest BCUT2D eigenvalue weighted by molar-refractivity contribution is 7.98. The van der Waals surface area contributed by atoms with Gasteiger partial charge in [0.15, 0.2) is 6.61 Å². The second-order valence-electron chi connectivity index (χ2n) is 4.68. The van der Waals surface area contributed by atoms with Crippen molar-refractivity contribution in [1.29, 1.82) is 0 Å². The number of carbonyl (C=O) groups is 2. The van der Waals surface area contributed by atoms with Gasteiger partial charge in [-0.05, 0) is 36.6 Å². The Morgan fingerprint density at radius 2 is 2.38 bits per heavy atom. The van der Waals surface area contributed by atoms with Crippen LogP contribution in [0, 0.1) is 0 Å². The number of carbonyl (C=O) groups excluding carboxylic acids is 2. The maximum Gasteiger partial charge on any atom is 0.262 e. The van der Waals surface area contributed by atoms with Gasteiger partial charge in [-0.15, -0.1) is 0 Å². The molecule has 3 N–H and O–H groups in total. The molecule has 1 heterocycles. The summed E-state index contributed by atoms with van der Waals surface area (Å²) in [5.41, 5.74) is 0.908. The van der Waals surface area contributed by atoms with E-state index in [-0.39, 0.29) is 31.1 Å². The predicted octanol–water partition coefficient (Wildman–Crippen LogP) is 0.861. The fourth-order valence-corrected chi connectivity index (χ4v) is 2.48. The molecule has 1 unspecified atom stereocenters. The molecular weight excluding hydrogens is 292 g/mol. The van der Waals surface area contributed by atoms with E-state index >= 15 is 0 Å². The minimum absolute atomic E-state index is 0.0141. The van der Waals surface area contributed by atoms with E-state index in [2.05, 4.69) is 10.6 Å². The third-order valence-electron chi connectivity index (χ3n) is 3.10. The highest BCUT2D eigenvalue weighted by Crippen LogP contribution is 2.28. The molecule has 0 bridgehead atoms. The van der Waals surface area contributed by atoms with Crippen molar-refractivity contribution in [2.24, 2.45) is 0 Å². The average molecular weight is 310 g/mol. The lowest BCUT2D eigenvalue weighted by Gasteiger charge is -2.19. The van der Waals surface area contributed by atoms with Gasteiger partial charge in [-0.3, -0.25) is 9.59 Å². The number of rotatable bonds is 6. The third kappa shape index (κ3) is 4.12. The molecule has 6 nitrogen and oxygen atoms in total. The van der Waals surface area contributed by atoms with E-state index < -0.39 is 0 Å². The van der Waals surface area contributed by atoms with Gasteiger partial charge >= 0.3 is 0 Å². The fourth-order valence-electron chi connectivity index (χ4n) is 1.96. The third-order valence-corrected chi connectivity index (χ3v) is 3.74. The Morgan fingerprint density at radius 1 is 1.57 bits per heavy atom. The summed E-state index contributed by atoms with van der Waals surface area (Å²) in [6.45, 7) is -0.114. The largest absolute Gasteiger partial charge is 0.482 e. The van der Waals surface area contributed by atoms with Crippen molar-refractivity contribution in [3.05, 3.63) is 23.8 Å². The van der Waals surface area contributed by atoms with Crippen LogP contribution < -0.4 is 15.4 Å². The molecule has 1 aromatic carbocycles. The summed E-state index contributed by atoms with van der Waals surface area (Å²) < 4.78 is 5.24. The van der Waals surface area contributed by atoms with E-state index in [0.29, 0.717) is 23.4 Å². The number of hydrogen-bond acceptors (Lipinski definition) is 5. The maximum atomic E-state index is 12.2. The minimum Gasteiger partial charge on any atom is -0.482 e. The summed E-state index contributed by atoms with van der Waals surface area (Å²) in [5, 5.41) is 14.7. The van der Waals surface area contributed by atoms with E-state index in [9.17, 15) is 14.7 Å². The van der Waals surface area contributed by atoms with Crippen molar-refractivity contribution in [3.8, 4) is 5.75 Å². The number of fused-ring (bicyclic) bond motifs is 1. The molecule has 1 aliphatic rings. The quantitative estimate of drug-likeness (QED) is 0.725. The molecular formula is C14H18N2O4S. The summed E-state index contributed by atoms with van der Waals surface area (Å²) in [4.78, 5) is 23.4. The van der Waals surface area contributed by atoms with Crippen molar-refractivity contribution in [2.45, 2.75) is 12.5 Å². The molecule has 7 heteroatoms. The summed E-state index contributed by atoms with van der Waals surface area (Å²) in [5.74, 6) is 0.887. The molecule has 0 fully saturated rings. The van der Waals surface area contributed by atoms with Gasteiger partial charge in [-0.25, -0.2) is 0 Å². The number of aliphatic hydroxyl groups is 1. The van der Waals surface area contributed by atoms with Gasteiger partial charge in [0.05, 0.1) is 18.3 Å². The lowest BCUT2D eigenvalue weighted by atomic mass is 10.1. The van der Waals surface area contributed by atoms with Crippen LogP contribution in [0.4, 0.5) is 5.69 Å². The first-order chi connectivity index (χ1) is 10.1. The molecule has 1 atom stereocenters. The first-order valence-electron chi connectivity index (χ1n) is 6.61. The average Bonchev–Trinajstić information content (AvgIpc) is 2.50. The van der Waals surface area contributed by atoms with Gasteiger partial charge in [0.1, 0.15) is 5.75 Å². The van der Waals surface area contributed by atoms with Crippen molar-refractivity contribution in [1.82, 2.24) is 5.32 Å². The molecule has 114 valence electrons. The summed E-state index contributed by atoms with van der Waals surface area (Å²) in [6, 6.07) is 4.59. The molecule has 2 rings (SSSR count). The zero-order valence-electron chi connectivity index (χ0n) is 11.7. The van der Waals surface area contributed by atoms with Crippen molar-refractivity contribution >= 4 is 29.3 Å². The Balaban J connectivity index is 2.05. The second kappa shape index (κ2) is 7.33. The molecule has 0 aromatic heterocycles. The Labute approximate surface area is 127 Å². The molecule has 0 spiro atoms. The van der Waals surface area contributed by atoms with Gasteiger partial charge < -0.3 is 20.5 Å². The molecule has 0 aliphatic carbocycles. The number of benzene rings is 1. The Bertz CT molecular complexity index is 536. The number of anilines is 1. The van der Waals surface area contributed by atoms with E-state index in [1.165, 1.54) is 0 Å². The van der Waals surface area contributed by atoms with Crippen molar-refractivity contribution in [3.63, 3.8) is 0 Å². The minimum atomic E-state index is -0.280. The fraction of sp³-hybridized carbons (Fsp3) is 0.429. The van der Waals surface area contributed by atoms with Crippen molar-refractivity contribution < 1.29 is 19.4 Å². The van der Waals surface area contributed by atoms with Gasteiger partial charge in [0.2, 0.25) is 0 Å². The van der Waals surface area contributed by atoms with Crippen LogP contribution in [0.5, 0.6) is 5.75 Å². The molecule has 0 saturated carbocycles. The van der Waals surface area contributed by atoms with Crippen LogP contribution in [0.3, 0.4) is 0 Å². The van der Waals surface area contributed by atoms with Crippen LogP contribution in [-0.2, 0) is 4.79 Å². The molecule has 1 aromatic rings. The van der Waals surface area contributed by atoms with Crippen LogP contribution in [-0.4, -0.2) is 48.2 Å². The molecule has 21 heavy (non-hydrogen) atoms. The first-order valence-corrected chi connectivity index (χ1v) is 8.00. The van der Waals surface area contributed by atoms with Crippen LogP contribution >= 0.6 is 11.8 Å². The summed E-state index contributed by atoms with van der Waals surface area (Å²) in [6.07, 6.45) is 2.68. The van der Waals surface area contributed by atoms with Gasteiger partial charge in [-0.1, -0.05) is 0 Å². The maximum absolute atomic E-state index is 12.2. The standard InChI is InChI=1S/C14H18N2O4S/c1-21-5-4-10(7-17)15-14(19)9-2-3-12-11(6-9)16-13(18)8-20-12/h2-3,6,10,17H,4-5,7-8H2,1H3,(H,15,19)(H,16,18). The summed E-state index contributed by atoms with van der Waals surface area (Å²) in [7, 11) is 0. The molecule has 0 saturated heterocycles. The molecule has 0 radical (unpaired) electrons. The normalized spacial score (nSPS) is 14.7. The van der Waals surface area contributed by atoms with Crippen LogP contribution in [0.1, 0.15) is 16.8 Å². The number of thioether (sulfide) groups is 1. The van der Waals surface area contributed by atoms with E-state index in [1.807, 2.05) is 6.26 Å². The zero-order valence-corrected chi connectivity index (χ0v) is 12.5. The Morgan fingerprint density at radius 3 is 3.10 bits per heavy atom. The van der Waals surface area contributed by atoms with E-state index in [0.717, 1.165) is 5.75 Å². The van der Waals surface area contributed by atoms with Crippen LogP contribution in [0.25, 0.3) is 0 Å². The van der Waals surface area contributed by atoms with Gasteiger partial charge in [0, 0.05) is 5.56 Å². The topological polar surface area (TPSA) is 87.7 Å². The Kier molecular flexibility index (Phi) is 5.46. The highest BCUT2D eigenvalue weighted by Gasteiger charge is 2.19. The predicted molar refractivity (Wildman–Crippen MR) is 81.9 cm³/mol. The van der Waals surface area contributed by atoms with Crippen molar-refractivity contribution in [2.75, 3.05) is 30.5 Å². The van der Waals surface area contributed by atoms with E-state index in [1.54, 1.807) is 30.0 Å². The number of nitrogens with one attached hydrogen (secondary N) is 2. The number of aliphatic hydroxyl groups excluding tert-OH is 1.